The van der Waals surface area contributed by atoms with Gasteiger partial charge in [0.15, 0.2) is 0 Å². The van der Waals surface area contributed by atoms with Crippen molar-refractivity contribution in [1.82, 2.24) is 4.98 Å². The Balaban J connectivity index is 1.84. The highest BCUT2D eigenvalue weighted by Gasteiger charge is 2.39. The Hall–Kier alpha value is -2.35. The van der Waals surface area contributed by atoms with Crippen molar-refractivity contribution in [2.75, 3.05) is 0 Å². The van der Waals surface area contributed by atoms with E-state index in [1.54, 1.807) is 0 Å². The first kappa shape index (κ1) is 21.4. The molecule has 2 aromatic carbocycles. The van der Waals surface area contributed by atoms with Crippen LogP contribution in [-0.4, -0.2) is 4.98 Å². The summed E-state index contributed by atoms with van der Waals surface area (Å²) in [6, 6.07) is 21.9. The lowest BCUT2D eigenvalue weighted by Crippen LogP contribution is -2.42. The Labute approximate surface area is 177 Å². The van der Waals surface area contributed by atoms with Gasteiger partial charge in [0, 0.05) is 5.41 Å². The summed E-state index contributed by atoms with van der Waals surface area (Å²) in [6.07, 6.45) is 11.9. The molecule has 1 N–H and O–H groups in total. The van der Waals surface area contributed by atoms with Gasteiger partial charge in [-0.05, 0) is 30.4 Å². The Morgan fingerprint density at radius 2 is 1.55 bits per heavy atom. The molecule has 0 aliphatic rings. The number of imidazole rings is 1. The fraction of sp³-hybridized carbons (Fsp3) is 0.444. The standard InChI is InChI=1S/C27H36N2/c1-4-5-6-7-14-20-29-21-19-28-26(29)23(2)27(3,25-17-12-9-13-18-25)22-24-15-10-8-11-16-24/h8-13,15-19,21,23H,4-7,14,20,22H2,1-3H3/p+1. The van der Waals surface area contributed by atoms with E-state index in [-0.39, 0.29) is 5.41 Å². The van der Waals surface area contributed by atoms with Gasteiger partial charge in [-0.25, -0.2) is 9.55 Å². The number of rotatable bonds is 11. The van der Waals surface area contributed by atoms with Crippen LogP contribution < -0.4 is 4.57 Å². The quantitative estimate of drug-likeness (QED) is 0.282. The number of hydrogen-bond donors (Lipinski definition) is 1. The molecular weight excluding hydrogens is 352 g/mol. The third-order valence-corrected chi connectivity index (χ3v) is 6.51. The lowest BCUT2D eigenvalue weighted by Gasteiger charge is -2.34. The summed E-state index contributed by atoms with van der Waals surface area (Å²) < 4.78 is 2.45. The molecule has 2 atom stereocenters. The predicted octanol–water partition coefficient (Wildman–Crippen LogP) is 6.58. The van der Waals surface area contributed by atoms with E-state index in [0.717, 1.165) is 13.0 Å². The maximum Gasteiger partial charge on any atom is 0.257 e. The minimum absolute atomic E-state index is 0.0113. The molecule has 0 saturated heterocycles. The summed E-state index contributed by atoms with van der Waals surface area (Å²) in [5.41, 5.74) is 2.81. The molecule has 2 unspecified atom stereocenters. The van der Waals surface area contributed by atoms with E-state index in [9.17, 15) is 0 Å². The monoisotopic (exact) mass is 389 g/mol. The van der Waals surface area contributed by atoms with E-state index in [0.29, 0.717) is 5.92 Å². The number of aryl methyl sites for hydroxylation is 1. The van der Waals surface area contributed by atoms with Gasteiger partial charge in [0.2, 0.25) is 0 Å². The van der Waals surface area contributed by atoms with Gasteiger partial charge in [0.25, 0.3) is 5.82 Å². The van der Waals surface area contributed by atoms with Crippen LogP contribution in [0.25, 0.3) is 0 Å². The number of hydrogen-bond acceptors (Lipinski definition) is 0. The molecule has 3 aromatic rings. The molecule has 0 radical (unpaired) electrons. The van der Waals surface area contributed by atoms with Gasteiger partial charge in [-0.3, -0.25) is 0 Å². The Bertz CT molecular complexity index is 837. The van der Waals surface area contributed by atoms with Crippen LogP contribution in [0.5, 0.6) is 0 Å². The molecule has 0 fully saturated rings. The summed E-state index contributed by atoms with van der Waals surface area (Å²) in [7, 11) is 0. The summed E-state index contributed by atoms with van der Waals surface area (Å²) >= 11 is 0. The molecule has 2 heteroatoms. The molecular formula is C27H37N2+. The minimum Gasteiger partial charge on any atom is -0.247 e. The average molecular weight is 390 g/mol. The largest absolute Gasteiger partial charge is 0.257 e. The van der Waals surface area contributed by atoms with Crippen molar-refractivity contribution in [1.29, 1.82) is 0 Å². The van der Waals surface area contributed by atoms with E-state index >= 15 is 0 Å². The highest BCUT2D eigenvalue weighted by atomic mass is 15.1. The van der Waals surface area contributed by atoms with Gasteiger partial charge in [0.1, 0.15) is 12.4 Å². The number of nitrogens with one attached hydrogen (secondary N) is 1. The zero-order valence-corrected chi connectivity index (χ0v) is 18.4. The molecule has 0 saturated carbocycles. The third-order valence-electron chi connectivity index (χ3n) is 6.51. The van der Waals surface area contributed by atoms with Gasteiger partial charge in [-0.1, -0.05) is 101 Å². The first-order valence-corrected chi connectivity index (χ1v) is 11.3. The van der Waals surface area contributed by atoms with Gasteiger partial charge in [-0.2, -0.15) is 0 Å². The number of benzene rings is 2. The van der Waals surface area contributed by atoms with Crippen LogP contribution in [0.1, 0.15) is 75.7 Å². The van der Waals surface area contributed by atoms with Crippen molar-refractivity contribution in [2.24, 2.45) is 0 Å². The van der Waals surface area contributed by atoms with Crippen molar-refractivity contribution in [3.05, 3.63) is 90.0 Å². The highest BCUT2D eigenvalue weighted by Crippen LogP contribution is 2.40. The van der Waals surface area contributed by atoms with Crippen LogP contribution in [0, 0.1) is 0 Å². The molecule has 154 valence electrons. The normalized spacial score (nSPS) is 14.4. The second kappa shape index (κ2) is 10.4. The lowest BCUT2D eigenvalue weighted by molar-refractivity contribution is -0.705. The fourth-order valence-electron chi connectivity index (χ4n) is 4.48. The lowest BCUT2D eigenvalue weighted by atomic mass is 9.68. The van der Waals surface area contributed by atoms with Crippen LogP contribution in [0.2, 0.25) is 0 Å². The number of H-pyrrole nitrogens is 1. The Kier molecular flexibility index (Phi) is 7.69. The van der Waals surface area contributed by atoms with E-state index in [1.807, 2.05) is 0 Å². The number of unbranched alkanes of at least 4 members (excludes halogenated alkanes) is 4. The Morgan fingerprint density at radius 1 is 0.897 bits per heavy atom. The van der Waals surface area contributed by atoms with Gasteiger partial charge in [-0.15, -0.1) is 0 Å². The van der Waals surface area contributed by atoms with E-state index in [1.165, 1.54) is 49.1 Å². The molecule has 0 spiro atoms. The zero-order valence-electron chi connectivity index (χ0n) is 18.4. The van der Waals surface area contributed by atoms with Crippen molar-refractivity contribution in [2.45, 2.75) is 77.2 Å². The van der Waals surface area contributed by atoms with Gasteiger partial charge in [0.05, 0.1) is 12.5 Å². The molecule has 0 aliphatic heterocycles. The summed E-state index contributed by atoms with van der Waals surface area (Å²) in [4.78, 5) is 3.58. The molecule has 0 aliphatic carbocycles. The van der Waals surface area contributed by atoms with Crippen LogP contribution in [-0.2, 0) is 18.4 Å². The van der Waals surface area contributed by atoms with Crippen LogP contribution >= 0.6 is 0 Å². The van der Waals surface area contributed by atoms with E-state index in [4.69, 9.17) is 0 Å². The van der Waals surface area contributed by atoms with Crippen LogP contribution in [0.4, 0.5) is 0 Å². The molecule has 1 heterocycles. The predicted molar refractivity (Wildman–Crippen MR) is 122 cm³/mol. The fourth-order valence-corrected chi connectivity index (χ4v) is 4.48. The van der Waals surface area contributed by atoms with Crippen LogP contribution in [0.15, 0.2) is 73.1 Å². The first-order valence-electron chi connectivity index (χ1n) is 11.3. The zero-order chi connectivity index (χ0) is 20.5. The van der Waals surface area contributed by atoms with E-state index in [2.05, 4.69) is 103 Å². The van der Waals surface area contributed by atoms with Crippen molar-refractivity contribution in [3.8, 4) is 0 Å². The topological polar surface area (TPSA) is 19.7 Å². The molecule has 3 rings (SSSR count). The second-order valence-corrected chi connectivity index (χ2v) is 8.62. The molecule has 0 bridgehead atoms. The third kappa shape index (κ3) is 5.38. The van der Waals surface area contributed by atoms with Crippen molar-refractivity contribution in [3.63, 3.8) is 0 Å². The smallest absolute Gasteiger partial charge is 0.247 e. The second-order valence-electron chi connectivity index (χ2n) is 8.62. The highest BCUT2D eigenvalue weighted by molar-refractivity contribution is 5.32. The molecule has 1 aromatic heterocycles. The van der Waals surface area contributed by atoms with E-state index < -0.39 is 0 Å². The maximum atomic E-state index is 3.58. The number of aromatic amines is 1. The summed E-state index contributed by atoms with van der Waals surface area (Å²) in [5, 5.41) is 0. The van der Waals surface area contributed by atoms with Gasteiger partial charge < -0.3 is 0 Å². The van der Waals surface area contributed by atoms with Crippen molar-refractivity contribution < 1.29 is 4.57 Å². The maximum absolute atomic E-state index is 3.58. The SMILES string of the molecule is CCCCCCC[n+]1cc[nH]c1C(C)C(C)(Cc1ccccc1)c1ccccc1. The molecule has 29 heavy (non-hydrogen) atoms. The minimum atomic E-state index is 0.0113. The van der Waals surface area contributed by atoms with Gasteiger partial charge >= 0.3 is 0 Å². The molecule has 2 nitrogen and oxygen atoms in total. The number of aromatic nitrogens is 2. The molecule has 0 amide bonds. The first-order chi connectivity index (χ1) is 14.1. The summed E-state index contributed by atoms with van der Waals surface area (Å²) in [5.74, 6) is 1.71. The average Bonchev–Trinajstić information content (AvgIpc) is 3.22. The summed E-state index contributed by atoms with van der Waals surface area (Å²) in [6.45, 7) is 8.18. The van der Waals surface area contributed by atoms with Crippen LogP contribution in [0.3, 0.4) is 0 Å². The Morgan fingerprint density at radius 3 is 2.24 bits per heavy atom. The van der Waals surface area contributed by atoms with Crippen molar-refractivity contribution >= 4 is 0 Å². The number of nitrogens with zero attached hydrogens (tertiary/aromatic N) is 1.